The number of aliphatic carboxylic acids is 1. The second kappa shape index (κ2) is 5.45. The average molecular weight is 275 g/mol. The van der Waals surface area contributed by atoms with E-state index >= 15 is 0 Å². The minimum atomic E-state index is -0.800. The van der Waals surface area contributed by atoms with E-state index in [1.807, 2.05) is 24.4 Å². The van der Waals surface area contributed by atoms with Gasteiger partial charge in [0.15, 0.2) is 0 Å². The lowest BCUT2D eigenvalue weighted by Crippen LogP contribution is -2.02. The van der Waals surface area contributed by atoms with E-state index in [-0.39, 0.29) is 6.42 Å². The molecule has 0 unspecified atom stereocenters. The predicted octanol–water partition coefficient (Wildman–Crippen LogP) is 4.04. The molecule has 1 aromatic heterocycles. The van der Waals surface area contributed by atoms with Gasteiger partial charge in [0.2, 0.25) is 0 Å². The molecule has 0 saturated heterocycles. The van der Waals surface area contributed by atoms with Crippen LogP contribution in [0.25, 0.3) is 0 Å². The molecule has 0 atom stereocenters. The summed E-state index contributed by atoms with van der Waals surface area (Å²) in [4.78, 5) is 11.7. The van der Waals surface area contributed by atoms with Crippen LogP contribution in [0.4, 0.5) is 11.4 Å². The molecule has 0 aliphatic heterocycles. The predicted molar refractivity (Wildman–Crippen MR) is 79.6 cm³/mol. The smallest absolute Gasteiger partial charge is 0.308 e. The lowest BCUT2D eigenvalue weighted by atomic mass is 10.1. The molecule has 100 valence electrons. The van der Waals surface area contributed by atoms with Gasteiger partial charge in [-0.1, -0.05) is 12.1 Å². The van der Waals surface area contributed by atoms with Crippen molar-refractivity contribution in [1.29, 1.82) is 0 Å². The summed E-state index contributed by atoms with van der Waals surface area (Å²) >= 11 is 1.49. The van der Waals surface area contributed by atoms with Crippen molar-refractivity contribution < 1.29 is 9.90 Å². The first-order chi connectivity index (χ1) is 8.99. The molecule has 3 nitrogen and oxygen atoms in total. The van der Waals surface area contributed by atoms with Gasteiger partial charge in [-0.05, 0) is 48.9 Å². The van der Waals surface area contributed by atoms with E-state index in [2.05, 4.69) is 25.2 Å². The number of carbonyl (C=O) groups is 1. The number of nitrogens with one attached hydrogen (secondary N) is 1. The number of carboxylic acids is 1. The lowest BCUT2D eigenvalue weighted by molar-refractivity contribution is -0.136. The highest BCUT2D eigenvalue weighted by Crippen LogP contribution is 2.32. The Morgan fingerprint density at radius 2 is 2.00 bits per heavy atom. The van der Waals surface area contributed by atoms with Crippen molar-refractivity contribution in [2.24, 2.45) is 0 Å². The van der Waals surface area contributed by atoms with Crippen molar-refractivity contribution in [1.82, 2.24) is 0 Å². The van der Waals surface area contributed by atoms with Crippen molar-refractivity contribution in [3.05, 3.63) is 45.1 Å². The Balaban J connectivity index is 2.35. The molecule has 0 spiro atoms. The van der Waals surface area contributed by atoms with Crippen LogP contribution in [0.5, 0.6) is 0 Å². The Bertz CT molecular complexity index is 617. The molecule has 0 amide bonds. The van der Waals surface area contributed by atoms with E-state index in [9.17, 15) is 4.79 Å². The summed E-state index contributed by atoms with van der Waals surface area (Å²) < 4.78 is 0. The lowest BCUT2D eigenvalue weighted by Gasteiger charge is -2.13. The molecular weight excluding hydrogens is 258 g/mol. The fourth-order valence-corrected chi connectivity index (χ4v) is 2.93. The van der Waals surface area contributed by atoms with E-state index in [4.69, 9.17) is 5.11 Å². The summed E-state index contributed by atoms with van der Waals surface area (Å²) in [5.74, 6) is -0.800. The monoisotopic (exact) mass is 275 g/mol. The van der Waals surface area contributed by atoms with Crippen molar-refractivity contribution in [3.8, 4) is 0 Å². The van der Waals surface area contributed by atoms with Gasteiger partial charge in [-0.3, -0.25) is 4.79 Å². The first-order valence-electron chi connectivity index (χ1n) is 6.11. The van der Waals surface area contributed by atoms with Crippen LogP contribution in [-0.4, -0.2) is 11.1 Å². The molecule has 0 bridgehead atoms. The molecule has 0 radical (unpaired) electrons. The summed E-state index contributed by atoms with van der Waals surface area (Å²) in [6.45, 7) is 6.13. The molecule has 2 aromatic rings. The quantitative estimate of drug-likeness (QED) is 0.885. The molecule has 0 aliphatic rings. The summed E-state index contributed by atoms with van der Waals surface area (Å²) in [5, 5.41) is 14.3. The maximum absolute atomic E-state index is 10.9. The summed E-state index contributed by atoms with van der Waals surface area (Å²) in [7, 11) is 0. The maximum atomic E-state index is 10.9. The van der Waals surface area contributed by atoms with Gasteiger partial charge in [0.25, 0.3) is 0 Å². The molecule has 0 saturated carbocycles. The standard InChI is InChI=1S/C15H17NO2S/c1-9-5-4-6-12(11(9)3)16-15-10(2)8-19-13(15)7-14(17)18/h4-6,8,16H,7H2,1-3H3,(H,17,18). The third-order valence-electron chi connectivity index (χ3n) is 3.23. The first kappa shape index (κ1) is 13.6. The molecule has 1 heterocycles. The van der Waals surface area contributed by atoms with Crippen LogP contribution < -0.4 is 5.32 Å². The number of rotatable bonds is 4. The largest absolute Gasteiger partial charge is 0.481 e. The van der Waals surface area contributed by atoms with Crippen molar-refractivity contribution in [2.45, 2.75) is 27.2 Å². The van der Waals surface area contributed by atoms with Gasteiger partial charge < -0.3 is 10.4 Å². The summed E-state index contributed by atoms with van der Waals surface area (Å²) in [5.41, 5.74) is 5.46. The van der Waals surface area contributed by atoms with E-state index in [0.717, 1.165) is 21.8 Å². The third kappa shape index (κ3) is 2.96. The number of benzene rings is 1. The highest BCUT2D eigenvalue weighted by molar-refractivity contribution is 7.10. The molecule has 2 rings (SSSR count). The van der Waals surface area contributed by atoms with Crippen LogP contribution in [0.1, 0.15) is 21.6 Å². The fourth-order valence-electron chi connectivity index (χ4n) is 1.95. The molecular formula is C15H17NO2S. The minimum absolute atomic E-state index is 0.0612. The zero-order valence-corrected chi connectivity index (χ0v) is 12.1. The molecule has 4 heteroatoms. The SMILES string of the molecule is Cc1cccc(Nc2c(C)csc2CC(=O)O)c1C. The Labute approximate surface area is 116 Å². The fraction of sp³-hybridized carbons (Fsp3) is 0.267. The zero-order valence-electron chi connectivity index (χ0n) is 11.3. The molecule has 0 fully saturated rings. The average Bonchev–Trinajstić information content (AvgIpc) is 2.67. The van der Waals surface area contributed by atoms with Gasteiger partial charge in [-0.2, -0.15) is 0 Å². The van der Waals surface area contributed by atoms with Crippen LogP contribution in [-0.2, 0) is 11.2 Å². The maximum Gasteiger partial charge on any atom is 0.308 e. The number of anilines is 2. The van der Waals surface area contributed by atoms with Crippen LogP contribution >= 0.6 is 11.3 Å². The number of hydrogen-bond acceptors (Lipinski definition) is 3. The van der Waals surface area contributed by atoms with Crippen LogP contribution in [0, 0.1) is 20.8 Å². The number of hydrogen-bond donors (Lipinski definition) is 2. The van der Waals surface area contributed by atoms with E-state index < -0.39 is 5.97 Å². The van der Waals surface area contributed by atoms with Gasteiger partial charge in [0.05, 0.1) is 12.1 Å². The van der Waals surface area contributed by atoms with Crippen LogP contribution in [0.2, 0.25) is 0 Å². The Kier molecular flexibility index (Phi) is 3.90. The van der Waals surface area contributed by atoms with Crippen molar-refractivity contribution >= 4 is 28.7 Å². The van der Waals surface area contributed by atoms with Gasteiger partial charge in [-0.25, -0.2) is 0 Å². The number of thiophene rings is 1. The number of aryl methyl sites for hydroxylation is 2. The van der Waals surface area contributed by atoms with Gasteiger partial charge in [0.1, 0.15) is 0 Å². The van der Waals surface area contributed by atoms with Crippen LogP contribution in [0.3, 0.4) is 0 Å². The molecule has 2 N–H and O–H groups in total. The van der Waals surface area contributed by atoms with Crippen molar-refractivity contribution in [3.63, 3.8) is 0 Å². The summed E-state index contributed by atoms with van der Waals surface area (Å²) in [6, 6.07) is 6.09. The van der Waals surface area contributed by atoms with Gasteiger partial charge >= 0.3 is 5.97 Å². The topological polar surface area (TPSA) is 49.3 Å². The second-order valence-electron chi connectivity index (χ2n) is 4.66. The van der Waals surface area contributed by atoms with E-state index in [0.29, 0.717) is 0 Å². The summed E-state index contributed by atoms with van der Waals surface area (Å²) in [6.07, 6.45) is 0.0612. The van der Waals surface area contributed by atoms with Gasteiger partial charge in [-0.15, -0.1) is 11.3 Å². The highest BCUT2D eigenvalue weighted by Gasteiger charge is 2.13. The Hall–Kier alpha value is -1.81. The second-order valence-corrected chi connectivity index (χ2v) is 5.62. The normalized spacial score (nSPS) is 10.5. The third-order valence-corrected chi connectivity index (χ3v) is 4.33. The minimum Gasteiger partial charge on any atom is -0.481 e. The zero-order chi connectivity index (χ0) is 14.0. The van der Waals surface area contributed by atoms with E-state index in [1.54, 1.807) is 0 Å². The molecule has 0 aliphatic carbocycles. The van der Waals surface area contributed by atoms with Crippen LogP contribution in [0.15, 0.2) is 23.6 Å². The first-order valence-corrected chi connectivity index (χ1v) is 6.99. The molecule has 1 aromatic carbocycles. The van der Waals surface area contributed by atoms with Crippen molar-refractivity contribution in [2.75, 3.05) is 5.32 Å². The Morgan fingerprint density at radius 1 is 1.26 bits per heavy atom. The molecule has 19 heavy (non-hydrogen) atoms. The highest BCUT2D eigenvalue weighted by atomic mass is 32.1. The number of carboxylic acid groups (broad SMARTS) is 1. The van der Waals surface area contributed by atoms with Gasteiger partial charge in [0, 0.05) is 10.6 Å². The van der Waals surface area contributed by atoms with E-state index in [1.165, 1.54) is 22.5 Å². The Morgan fingerprint density at radius 3 is 2.68 bits per heavy atom.